The molecule has 0 spiro atoms. The van der Waals surface area contributed by atoms with E-state index in [4.69, 9.17) is 9.97 Å². The summed E-state index contributed by atoms with van der Waals surface area (Å²) in [5, 5.41) is 7.21. The highest BCUT2D eigenvalue weighted by atomic mass is 15.0. The number of hydrogen-bond acceptors (Lipinski definition) is 2. The third-order valence-electron chi connectivity index (χ3n) is 8.92. The maximum atomic E-state index is 4.74. The van der Waals surface area contributed by atoms with Crippen molar-refractivity contribution in [2.24, 2.45) is 0 Å². The summed E-state index contributed by atoms with van der Waals surface area (Å²) in [5.74, 6) is 0. The lowest BCUT2D eigenvalue weighted by Gasteiger charge is -2.11. The van der Waals surface area contributed by atoms with E-state index in [1.165, 1.54) is 43.5 Å². The van der Waals surface area contributed by atoms with E-state index in [1.807, 2.05) is 24.7 Å². The Morgan fingerprint density at radius 3 is 2.00 bits per heavy atom. The average molecular weight is 550 g/mol. The monoisotopic (exact) mass is 549 g/mol. The van der Waals surface area contributed by atoms with E-state index in [0.717, 1.165) is 39.0 Å². The number of hydrogen-bond donors (Lipinski definition) is 0. The minimum absolute atomic E-state index is 0.873. The van der Waals surface area contributed by atoms with Crippen LogP contribution in [0.4, 0.5) is 0 Å². The molecule has 0 bridgehead atoms. The second-order valence-electron chi connectivity index (χ2n) is 11.1. The van der Waals surface area contributed by atoms with Crippen molar-refractivity contribution in [1.82, 2.24) is 23.5 Å². The van der Waals surface area contributed by atoms with Gasteiger partial charge >= 0.3 is 0 Å². The number of pyridine rings is 2. The highest BCUT2D eigenvalue weighted by Gasteiger charge is 2.22. The number of benzene rings is 5. The lowest BCUT2D eigenvalue weighted by atomic mass is 10.0. The summed E-state index contributed by atoms with van der Waals surface area (Å²) in [6.07, 6.45) is 5.75. The lowest BCUT2D eigenvalue weighted by Crippen LogP contribution is -1.96. The highest BCUT2D eigenvalue weighted by Crippen LogP contribution is 2.43. The molecule has 0 fully saturated rings. The van der Waals surface area contributed by atoms with Crippen molar-refractivity contribution >= 4 is 71.1 Å². The summed E-state index contributed by atoms with van der Waals surface area (Å²) < 4.78 is 7.01. The largest absolute Gasteiger partial charge is 0.309 e. The Balaban J connectivity index is 1.48. The summed E-state index contributed by atoms with van der Waals surface area (Å²) in [7, 11) is 0. The van der Waals surface area contributed by atoms with Crippen LogP contribution < -0.4 is 0 Å². The molecule has 5 nitrogen and oxygen atoms in total. The quantitative estimate of drug-likeness (QED) is 0.202. The zero-order valence-electron chi connectivity index (χ0n) is 23.0. The fraction of sp³-hybridized carbons (Fsp3) is 0. The molecule has 0 N–H and O–H groups in total. The topological polar surface area (TPSA) is 40.1 Å². The van der Waals surface area contributed by atoms with Gasteiger partial charge in [0, 0.05) is 62.3 Å². The van der Waals surface area contributed by atoms with Gasteiger partial charge < -0.3 is 9.13 Å². The molecule has 5 aromatic heterocycles. The van der Waals surface area contributed by atoms with Gasteiger partial charge in [-0.15, -0.1) is 0 Å². The smallest absolute Gasteiger partial charge is 0.163 e. The second-order valence-corrected chi connectivity index (χ2v) is 11.1. The van der Waals surface area contributed by atoms with E-state index < -0.39 is 0 Å². The Kier molecular flexibility index (Phi) is 4.39. The highest BCUT2D eigenvalue weighted by molar-refractivity contribution is 6.28. The van der Waals surface area contributed by atoms with Gasteiger partial charge in [-0.1, -0.05) is 66.7 Å². The maximum Gasteiger partial charge on any atom is 0.163 e. The van der Waals surface area contributed by atoms with Crippen LogP contribution in [-0.2, 0) is 0 Å². The Morgan fingerprint density at radius 2 is 1.16 bits per heavy atom. The number of aromatic nitrogens is 5. The fourth-order valence-electron chi connectivity index (χ4n) is 7.18. The number of para-hydroxylation sites is 3. The minimum atomic E-state index is 0.873. The van der Waals surface area contributed by atoms with Crippen LogP contribution in [0.3, 0.4) is 0 Å². The minimum Gasteiger partial charge on any atom is -0.309 e. The van der Waals surface area contributed by atoms with Gasteiger partial charge in [-0.3, -0.25) is 9.38 Å². The van der Waals surface area contributed by atoms with Gasteiger partial charge in [-0.2, -0.15) is 0 Å². The molecule has 0 aliphatic carbocycles. The van der Waals surface area contributed by atoms with E-state index in [2.05, 4.69) is 129 Å². The maximum absolute atomic E-state index is 4.74. The zero-order valence-corrected chi connectivity index (χ0v) is 23.0. The van der Waals surface area contributed by atoms with Gasteiger partial charge in [-0.05, 0) is 54.6 Å². The van der Waals surface area contributed by atoms with Crippen molar-refractivity contribution < 1.29 is 0 Å². The van der Waals surface area contributed by atoms with Crippen LogP contribution in [0.5, 0.6) is 0 Å². The summed E-state index contributed by atoms with van der Waals surface area (Å²) in [5.41, 5.74) is 9.96. The van der Waals surface area contributed by atoms with Crippen molar-refractivity contribution in [3.05, 3.63) is 140 Å². The van der Waals surface area contributed by atoms with E-state index >= 15 is 0 Å². The molecule has 200 valence electrons. The molecule has 0 atom stereocenters. The normalized spacial score (nSPS) is 12.2. The molecule has 0 saturated heterocycles. The van der Waals surface area contributed by atoms with Crippen LogP contribution in [0, 0.1) is 0 Å². The van der Waals surface area contributed by atoms with E-state index in [-0.39, 0.29) is 0 Å². The molecule has 0 unspecified atom stereocenters. The first-order valence-corrected chi connectivity index (χ1v) is 14.5. The molecule has 10 rings (SSSR count). The molecular formula is C38H23N5. The molecule has 0 radical (unpaired) electrons. The van der Waals surface area contributed by atoms with Crippen molar-refractivity contribution in [3.8, 4) is 11.4 Å². The Labute approximate surface area is 245 Å². The number of rotatable bonds is 2. The number of imidazole rings is 1. The van der Waals surface area contributed by atoms with Crippen molar-refractivity contribution in [1.29, 1.82) is 0 Å². The van der Waals surface area contributed by atoms with Gasteiger partial charge in [0.2, 0.25) is 0 Å². The van der Waals surface area contributed by atoms with Crippen LogP contribution in [0.15, 0.2) is 140 Å². The molecule has 0 saturated carbocycles. The molecule has 5 heterocycles. The van der Waals surface area contributed by atoms with E-state index in [1.54, 1.807) is 0 Å². The van der Waals surface area contributed by atoms with Crippen LogP contribution in [0.2, 0.25) is 0 Å². The second kappa shape index (κ2) is 8.30. The van der Waals surface area contributed by atoms with Crippen LogP contribution in [0.25, 0.3) is 82.4 Å². The molecule has 0 aliphatic rings. The summed E-state index contributed by atoms with van der Waals surface area (Å²) in [6, 6.07) is 43.6. The van der Waals surface area contributed by atoms with Gasteiger partial charge in [0.15, 0.2) is 5.65 Å². The molecule has 10 aromatic rings. The van der Waals surface area contributed by atoms with E-state index in [9.17, 15) is 0 Å². The van der Waals surface area contributed by atoms with Crippen LogP contribution >= 0.6 is 0 Å². The van der Waals surface area contributed by atoms with Crippen LogP contribution in [0.1, 0.15) is 0 Å². The zero-order chi connectivity index (χ0) is 28.1. The van der Waals surface area contributed by atoms with Crippen LogP contribution in [-0.4, -0.2) is 23.5 Å². The number of nitrogens with zero attached hydrogens (tertiary/aromatic N) is 5. The predicted molar refractivity (Wildman–Crippen MR) is 177 cm³/mol. The molecular weight excluding hydrogens is 526 g/mol. The molecule has 5 aromatic carbocycles. The fourth-order valence-corrected chi connectivity index (χ4v) is 7.18. The third-order valence-corrected chi connectivity index (χ3v) is 8.92. The number of fused-ring (bicyclic) bond motifs is 13. The summed E-state index contributed by atoms with van der Waals surface area (Å²) in [6.45, 7) is 0. The van der Waals surface area contributed by atoms with Gasteiger partial charge in [-0.25, -0.2) is 4.98 Å². The van der Waals surface area contributed by atoms with Crippen molar-refractivity contribution in [2.75, 3.05) is 0 Å². The first-order valence-electron chi connectivity index (χ1n) is 14.5. The first kappa shape index (κ1) is 22.7. The molecule has 0 aliphatic heterocycles. The lowest BCUT2D eigenvalue weighted by molar-refractivity contribution is 1.17. The summed E-state index contributed by atoms with van der Waals surface area (Å²) >= 11 is 0. The summed E-state index contributed by atoms with van der Waals surface area (Å²) in [4.78, 5) is 9.44. The van der Waals surface area contributed by atoms with Gasteiger partial charge in [0.1, 0.15) is 5.52 Å². The van der Waals surface area contributed by atoms with Gasteiger partial charge in [0.05, 0.1) is 27.6 Å². The average Bonchev–Trinajstić information content (AvgIpc) is 3.78. The molecule has 43 heavy (non-hydrogen) atoms. The molecule has 0 amide bonds. The predicted octanol–water partition coefficient (Wildman–Crippen LogP) is 9.23. The third kappa shape index (κ3) is 2.95. The first-order chi connectivity index (χ1) is 21.4. The standard InChI is InChI=1S/C38H23N5/c1-3-10-24(11-4-1)42-31-16-8-7-14-28(31)35-32(42)18-17-27-30-22-29-26-15-9-19-39-36(26)38-40-20-21-41(38)33(29)23-34(30)43(37(27)35)25-12-5-2-6-13-25/h1-23H. The van der Waals surface area contributed by atoms with E-state index in [0.29, 0.717) is 0 Å². The Hall–Kier alpha value is -5.94. The van der Waals surface area contributed by atoms with Crippen molar-refractivity contribution in [3.63, 3.8) is 0 Å². The SMILES string of the molecule is c1ccc(-n2c3ccccc3c3c2ccc2c4cc5c6cccnc6c6nccn6c5cc4n(-c4ccccc4)c23)cc1. The van der Waals surface area contributed by atoms with Gasteiger partial charge in [0.25, 0.3) is 0 Å². The Morgan fingerprint density at radius 1 is 0.442 bits per heavy atom. The molecule has 5 heteroatoms. The van der Waals surface area contributed by atoms with Crippen molar-refractivity contribution in [2.45, 2.75) is 0 Å². The Bertz CT molecular complexity index is 2710.